The average Bonchev–Trinajstić information content (AvgIpc) is 2.85. The zero-order valence-electron chi connectivity index (χ0n) is 21.8. The number of nitrogens with zero attached hydrogens (tertiary/aromatic N) is 2. The molecule has 2 aliphatic heterocycles. The predicted molar refractivity (Wildman–Crippen MR) is 141 cm³/mol. The van der Waals surface area contributed by atoms with E-state index in [1.54, 1.807) is 11.8 Å². The molecule has 2 aromatic rings. The standard InChI is InChI=1S/C30H37N3O3/c1-5-6-18-33-27(34)26(21-29(2,3)4)31-28(35)30(33)16-19-32(20-17-30)22-23-12-14-25(15-13-23)36-24-10-8-7-9-11-24/h7-15,26H,16-22H2,1-4H3,(H,31,35)/t26-/m1/s1. The highest BCUT2D eigenvalue weighted by Gasteiger charge is 2.53. The number of para-hydroxylation sites is 1. The minimum atomic E-state index is -0.820. The molecular weight excluding hydrogens is 450 g/mol. The second kappa shape index (κ2) is 10.8. The Morgan fingerprint density at radius 1 is 1.00 bits per heavy atom. The number of rotatable bonds is 6. The Kier molecular flexibility index (Phi) is 7.70. The molecule has 2 saturated heterocycles. The lowest BCUT2D eigenvalue weighted by Gasteiger charge is -2.51. The molecule has 0 unspecified atom stereocenters. The number of amides is 2. The van der Waals surface area contributed by atoms with Crippen molar-refractivity contribution in [2.24, 2.45) is 5.41 Å². The zero-order valence-corrected chi connectivity index (χ0v) is 21.8. The highest BCUT2D eigenvalue weighted by Crippen LogP contribution is 2.35. The topological polar surface area (TPSA) is 61.9 Å². The molecule has 2 amide bonds. The van der Waals surface area contributed by atoms with E-state index >= 15 is 0 Å². The summed E-state index contributed by atoms with van der Waals surface area (Å²) >= 11 is 0. The van der Waals surface area contributed by atoms with Crippen molar-refractivity contribution in [3.63, 3.8) is 0 Å². The van der Waals surface area contributed by atoms with Crippen molar-refractivity contribution in [1.29, 1.82) is 0 Å². The van der Waals surface area contributed by atoms with Crippen LogP contribution in [0.5, 0.6) is 11.5 Å². The summed E-state index contributed by atoms with van der Waals surface area (Å²) in [7, 11) is 0. The first-order chi connectivity index (χ1) is 17.2. The van der Waals surface area contributed by atoms with Gasteiger partial charge in [-0.1, -0.05) is 57.0 Å². The fourth-order valence-electron chi connectivity index (χ4n) is 5.14. The Labute approximate surface area is 215 Å². The number of nitrogens with one attached hydrogen (secondary N) is 1. The lowest BCUT2D eigenvalue weighted by atomic mass is 9.79. The molecule has 0 saturated carbocycles. The lowest BCUT2D eigenvalue weighted by Crippen LogP contribution is -2.73. The zero-order chi connectivity index (χ0) is 25.8. The first-order valence-electron chi connectivity index (χ1n) is 12.8. The van der Waals surface area contributed by atoms with E-state index in [1.807, 2.05) is 42.5 Å². The third-order valence-corrected chi connectivity index (χ3v) is 7.03. The second-order valence-electron chi connectivity index (χ2n) is 11.0. The maximum Gasteiger partial charge on any atom is 0.246 e. The summed E-state index contributed by atoms with van der Waals surface area (Å²) in [5.41, 5.74) is 0.305. The Morgan fingerprint density at radius 3 is 2.25 bits per heavy atom. The van der Waals surface area contributed by atoms with Crippen LogP contribution in [0.1, 0.15) is 52.5 Å². The Balaban J connectivity index is 1.40. The third kappa shape index (κ3) is 5.91. The summed E-state index contributed by atoms with van der Waals surface area (Å²) in [6.45, 7) is 10.6. The molecule has 1 N–H and O–H groups in total. The van der Waals surface area contributed by atoms with Crippen molar-refractivity contribution in [2.75, 3.05) is 19.6 Å². The van der Waals surface area contributed by atoms with E-state index in [0.29, 0.717) is 25.8 Å². The van der Waals surface area contributed by atoms with Gasteiger partial charge in [0.15, 0.2) is 0 Å². The summed E-state index contributed by atoms with van der Waals surface area (Å²) in [6.07, 6.45) is 1.82. The molecule has 2 heterocycles. The number of hydrogen-bond donors (Lipinski definition) is 1. The van der Waals surface area contributed by atoms with Crippen molar-refractivity contribution in [2.45, 2.75) is 65.1 Å². The van der Waals surface area contributed by atoms with E-state index in [-0.39, 0.29) is 17.2 Å². The van der Waals surface area contributed by atoms with Crippen LogP contribution < -0.4 is 10.1 Å². The van der Waals surface area contributed by atoms with Gasteiger partial charge in [-0.05, 0) is 61.4 Å². The highest BCUT2D eigenvalue weighted by atomic mass is 16.5. The van der Waals surface area contributed by atoms with Crippen molar-refractivity contribution < 1.29 is 14.3 Å². The minimum Gasteiger partial charge on any atom is -0.457 e. The minimum absolute atomic E-state index is 0.00488. The van der Waals surface area contributed by atoms with E-state index in [1.165, 1.54) is 5.56 Å². The predicted octanol–water partition coefficient (Wildman–Crippen LogP) is 4.60. The van der Waals surface area contributed by atoms with Gasteiger partial charge in [0.05, 0.1) is 6.54 Å². The molecule has 190 valence electrons. The van der Waals surface area contributed by atoms with Crippen LogP contribution >= 0.6 is 0 Å². The highest BCUT2D eigenvalue weighted by molar-refractivity contribution is 6.00. The number of ether oxygens (including phenoxy) is 1. The van der Waals surface area contributed by atoms with Crippen molar-refractivity contribution in [3.8, 4) is 23.3 Å². The second-order valence-corrected chi connectivity index (χ2v) is 11.0. The van der Waals surface area contributed by atoms with Crippen LogP contribution in [0.15, 0.2) is 54.6 Å². The number of piperidine rings is 1. The van der Waals surface area contributed by atoms with E-state index < -0.39 is 11.6 Å². The van der Waals surface area contributed by atoms with Crippen LogP contribution in [0.25, 0.3) is 0 Å². The number of benzene rings is 2. The molecule has 4 rings (SSSR count). The van der Waals surface area contributed by atoms with Crippen molar-refractivity contribution in [1.82, 2.24) is 15.1 Å². The summed E-state index contributed by atoms with van der Waals surface area (Å²) in [5.74, 6) is 7.53. The van der Waals surface area contributed by atoms with Crippen LogP contribution in [-0.4, -0.2) is 52.8 Å². The van der Waals surface area contributed by atoms with E-state index in [0.717, 1.165) is 31.1 Å². The molecule has 0 bridgehead atoms. The molecule has 2 fully saturated rings. The number of hydrogen-bond acceptors (Lipinski definition) is 4. The number of piperazine rings is 1. The van der Waals surface area contributed by atoms with E-state index in [4.69, 9.17) is 4.74 Å². The summed E-state index contributed by atoms with van der Waals surface area (Å²) in [4.78, 5) is 31.1. The largest absolute Gasteiger partial charge is 0.457 e. The van der Waals surface area contributed by atoms with Gasteiger partial charge in [-0.3, -0.25) is 14.5 Å². The molecule has 2 aromatic carbocycles. The monoisotopic (exact) mass is 487 g/mol. The number of likely N-dealkylation sites (tertiary alicyclic amines) is 1. The summed E-state index contributed by atoms with van der Waals surface area (Å²) in [5, 5.41) is 3.07. The molecule has 0 radical (unpaired) electrons. The lowest BCUT2D eigenvalue weighted by molar-refractivity contribution is -0.161. The van der Waals surface area contributed by atoms with Crippen molar-refractivity contribution in [3.05, 3.63) is 60.2 Å². The van der Waals surface area contributed by atoms with Gasteiger partial charge >= 0.3 is 0 Å². The van der Waals surface area contributed by atoms with Crippen molar-refractivity contribution >= 4 is 11.8 Å². The first kappa shape index (κ1) is 25.8. The van der Waals surface area contributed by atoms with Crippen LogP contribution in [0.2, 0.25) is 0 Å². The normalized spacial score (nSPS) is 20.0. The molecule has 1 atom stereocenters. The molecule has 0 aliphatic carbocycles. The maximum absolute atomic E-state index is 13.5. The smallest absolute Gasteiger partial charge is 0.246 e. The Morgan fingerprint density at radius 2 is 1.64 bits per heavy atom. The van der Waals surface area contributed by atoms with E-state index in [2.05, 4.69) is 55.0 Å². The van der Waals surface area contributed by atoms with E-state index in [9.17, 15) is 9.59 Å². The molecule has 1 spiro atoms. The SMILES string of the molecule is CC#CCN1C(=O)[C@@H](CC(C)(C)C)NC(=O)C12CCN(Cc1ccc(Oc3ccccc3)cc1)CC2. The first-order valence-corrected chi connectivity index (χ1v) is 12.8. The third-order valence-electron chi connectivity index (χ3n) is 7.03. The van der Waals surface area contributed by atoms with Gasteiger partial charge in [0.1, 0.15) is 23.1 Å². The number of carbonyl (C=O) groups is 2. The Bertz CT molecular complexity index is 1120. The van der Waals surface area contributed by atoms with Gasteiger partial charge in [0.25, 0.3) is 0 Å². The van der Waals surface area contributed by atoms with Crippen LogP contribution in [0, 0.1) is 17.3 Å². The Hall–Kier alpha value is -3.30. The van der Waals surface area contributed by atoms with Crippen LogP contribution in [0.3, 0.4) is 0 Å². The molecule has 36 heavy (non-hydrogen) atoms. The van der Waals surface area contributed by atoms with Gasteiger partial charge in [-0.25, -0.2) is 0 Å². The molecule has 0 aromatic heterocycles. The fraction of sp³-hybridized carbons (Fsp3) is 0.467. The number of carbonyl (C=O) groups excluding carboxylic acids is 2. The van der Waals surface area contributed by atoms with Crippen LogP contribution in [-0.2, 0) is 16.1 Å². The maximum atomic E-state index is 13.5. The molecule has 6 heteroatoms. The van der Waals surface area contributed by atoms with Gasteiger partial charge in [0.2, 0.25) is 11.8 Å². The van der Waals surface area contributed by atoms with Gasteiger partial charge < -0.3 is 15.0 Å². The average molecular weight is 488 g/mol. The summed E-state index contributed by atoms with van der Waals surface area (Å²) < 4.78 is 5.90. The molecule has 2 aliphatic rings. The fourth-order valence-corrected chi connectivity index (χ4v) is 5.14. The van der Waals surface area contributed by atoms with Gasteiger partial charge in [-0.15, -0.1) is 5.92 Å². The summed E-state index contributed by atoms with van der Waals surface area (Å²) in [6, 6.07) is 17.4. The van der Waals surface area contributed by atoms with Gasteiger partial charge in [0, 0.05) is 19.6 Å². The quantitative estimate of drug-likeness (QED) is 0.605. The van der Waals surface area contributed by atoms with Crippen LogP contribution in [0.4, 0.5) is 0 Å². The molecule has 6 nitrogen and oxygen atoms in total. The van der Waals surface area contributed by atoms with Gasteiger partial charge in [-0.2, -0.15) is 0 Å². The molecular formula is C30H37N3O3.